The predicted molar refractivity (Wildman–Crippen MR) is 88.0 cm³/mol. The van der Waals surface area contributed by atoms with Crippen molar-refractivity contribution in [2.24, 2.45) is 0 Å². The first-order valence-corrected chi connectivity index (χ1v) is 7.68. The Balaban J connectivity index is 2.00. The van der Waals surface area contributed by atoms with Crippen molar-refractivity contribution in [3.8, 4) is 5.75 Å². The van der Waals surface area contributed by atoms with Crippen LogP contribution in [0.3, 0.4) is 0 Å². The van der Waals surface area contributed by atoms with Crippen LogP contribution >= 0.6 is 15.9 Å². The van der Waals surface area contributed by atoms with Crippen molar-refractivity contribution in [2.75, 3.05) is 12.4 Å². The van der Waals surface area contributed by atoms with Crippen LogP contribution in [0.15, 0.2) is 46.9 Å². The molecule has 1 amide bonds. The van der Waals surface area contributed by atoms with Crippen LogP contribution in [-0.2, 0) is 6.54 Å². The summed E-state index contributed by atoms with van der Waals surface area (Å²) >= 11 is 3.21. The summed E-state index contributed by atoms with van der Waals surface area (Å²) in [5.41, 5.74) is 2.10. The average Bonchev–Trinajstić information content (AvgIpc) is 2.52. The molecule has 2 rings (SSSR count). The lowest BCUT2D eigenvalue weighted by Gasteiger charge is -2.12. The first-order valence-electron chi connectivity index (χ1n) is 6.88. The third kappa shape index (κ3) is 5.16. The van der Waals surface area contributed by atoms with Crippen LogP contribution in [-0.4, -0.2) is 19.3 Å². The SMILES string of the molecule is CNC(=O)c1ccc(CNc2ccc(OC(F)(F)F)cc2Br)cc1. The van der Waals surface area contributed by atoms with Gasteiger partial charge in [0.05, 0.1) is 0 Å². The van der Waals surface area contributed by atoms with E-state index < -0.39 is 6.36 Å². The van der Waals surface area contributed by atoms with Crippen LogP contribution < -0.4 is 15.4 Å². The van der Waals surface area contributed by atoms with Crippen LogP contribution in [0.1, 0.15) is 15.9 Å². The molecule has 128 valence electrons. The summed E-state index contributed by atoms with van der Waals surface area (Å²) in [6.07, 6.45) is -4.72. The lowest BCUT2D eigenvalue weighted by molar-refractivity contribution is -0.274. The molecule has 0 spiro atoms. The zero-order chi connectivity index (χ0) is 17.7. The van der Waals surface area contributed by atoms with Gasteiger partial charge in [0.1, 0.15) is 5.75 Å². The van der Waals surface area contributed by atoms with Gasteiger partial charge in [-0.1, -0.05) is 12.1 Å². The number of nitrogens with one attached hydrogen (secondary N) is 2. The topological polar surface area (TPSA) is 50.4 Å². The maximum absolute atomic E-state index is 12.2. The van der Waals surface area contributed by atoms with Crippen molar-refractivity contribution in [3.63, 3.8) is 0 Å². The smallest absolute Gasteiger partial charge is 0.406 e. The van der Waals surface area contributed by atoms with Gasteiger partial charge in [-0.05, 0) is 51.8 Å². The van der Waals surface area contributed by atoms with Crippen LogP contribution in [0.25, 0.3) is 0 Å². The van der Waals surface area contributed by atoms with Crippen LogP contribution in [0, 0.1) is 0 Å². The Morgan fingerprint density at radius 2 is 1.83 bits per heavy atom. The molecule has 0 aliphatic carbocycles. The number of ether oxygens (including phenoxy) is 1. The maximum Gasteiger partial charge on any atom is 0.573 e. The highest BCUT2D eigenvalue weighted by Gasteiger charge is 2.31. The summed E-state index contributed by atoms with van der Waals surface area (Å²) in [7, 11) is 1.56. The molecule has 0 aliphatic heterocycles. The lowest BCUT2D eigenvalue weighted by Crippen LogP contribution is -2.17. The Labute approximate surface area is 145 Å². The lowest BCUT2D eigenvalue weighted by atomic mass is 10.1. The van der Waals surface area contributed by atoms with E-state index in [-0.39, 0.29) is 11.7 Å². The molecule has 0 aliphatic rings. The normalized spacial score (nSPS) is 11.0. The fourth-order valence-corrected chi connectivity index (χ4v) is 2.45. The standard InChI is InChI=1S/C16H14BrF3N2O2/c1-21-15(23)11-4-2-10(3-5-11)9-22-14-7-6-12(8-13(14)17)24-16(18,19)20/h2-8,22H,9H2,1H3,(H,21,23). The molecule has 0 atom stereocenters. The summed E-state index contributed by atoms with van der Waals surface area (Å²) < 4.78 is 40.8. The van der Waals surface area contributed by atoms with Crippen LogP contribution in [0.5, 0.6) is 5.75 Å². The molecule has 24 heavy (non-hydrogen) atoms. The Kier molecular flexibility index (Phi) is 5.71. The number of amides is 1. The maximum atomic E-state index is 12.2. The number of halogens is 4. The number of rotatable bonds is 5. The minimum Gasteiger partial charge on any atom is -0.406 e. The third-order valence-electron chi connectivity index (χ3n) is 3.10. The molecule has 4 nitrogen and oxygen atoms in total. The number of hydrogen-bond acceptors (Lipinski definition) is 3. The van der Waals surface area contributed by atoms with Crippen LogP contribution in [0.4, 0.5) is 18.9 Å². The molecule has 0 radical (unpaired) electrons. The van der Waals surface area contributed by atoms with Crippen molar-refractivity contribution in [3.05, 3.63) is 58.1 Å². The molecule has 0 unspecified atom stereocenters. The third-order valence-corrected chi connectivity index (χ3v) is 3.76. The van der Waals surface area contributed by atoms with Gasteiger partial charge in [-0.15, -0.1) is 13.2 Å². The van der Waals surface area contributed by atoms with E-state index in [1.54, 1.807) is 31.3 Å². The molecule has 0 heterocycles. The molecule has 0 saturated carbocycles. The highest BCUT2D eigenvalue weighted by molar-refractivity contribution is 9.10. The van der Waals surface area contributed by atoms with E-state index in [0.717, 1.165) is 5.56 Å². The zero-order valence-corrected chi connectivity index (χ0v) is 14.2. The molecule has 0 fully saturated rings. The molecule has 8 heteroatoms. The molecule has 0 bridgehead atoms. The van der Waals surface area contributed by atoms with Gasteiger partial charge in [0.2, 0.25) is 0 Å². The molecule has 2 N–H and O–H groups in total. The Bertz CT molecular complexity index is 718. The first kappa shape index (κ1) is 18.1. The van der Waals surface area contributed by atoms with E-state index in [9.17, 15) is 18.0 Å². The van der Waals surface area contributed by atoms with Crippen molar-refractivity contribution < 1.29 is 22.7 Å². The monoisotopic (exact) mass is 402 g/mol. The summed E-state index contributed by atoms with van der Waals surface area (Å²) in [6.45, 7) is 0.450. The van der Waals surface area contributed by atoms with Gasteiger partial charge in [0.25, 0.3) is 5.91 Å². The second-order valence-electron chi connectivity index (χ2n) is 4.82. The quantitative estimate of drug-likeness (QED) is 0.782. The predicted octanol–water partition coefficient (Wildman–Crippen LogP) is 4.32. The highest BCUT2D eigenvalue weighted by atomic mass is 79.9. The second-order valence-corrected chi connectivity index (χ2v) is 5.67. The number of anilines is 1. The number of carbonyl (C=O) groups is 1. The summed E-state index contributed by atoms with van der Waals surface area (Å²) in [6, 6.07) is 11.0. The van der Waals surface area contributed by atoms with Crippen molar-refractivity contribution in [1.82, 2.24) is 5.32 Å². The van der Waals surface area contributed by atoms with Gasteiger partial charge in [-0.3, -0.25) is 4.79 Å². The van der Waals surface area contributed by atoms with E-state index in [1.807, 2.05) is 0 Å². The summed E-state index contributed by atoms with van der Waals surface area (Å²) in [5, 5.41) is 5.63. The first-order chi connectivity index (χ1) is 11.3. The number of alkyl halides is 3. The Hall–Kier alpha value is -2.22. The van der Waals surface area contributed by atoms with Crippen molar-refractivity contribution in [1.29, 1.82) is 0 Å². The van der Waals surface area contributed by atoms with E-state index in [2.05, 4.69) is 31.3 Å². The van der Waals surface area contributed by atoms with E-state index in [1.165, 1.54) is 18.2 Å². The molecular formula is C16H14BrF3N2O2. The van der Waals surface area contributed by atoms with Gasteiger partial charge < -0.3 is 15.4 Å². The van der Waals surface area contributed by atoms with Crippen molar-refractivity contribution in [2.45, 2.75) is 12.9 Å². The molecule has 2 aromatic carbocycles. The second kappa shape index (κ2) is 7.57. The molecule has 0 aromatic heterocycles. The minimum atomic E-state index is -4.72. The van der Waals surface area contributed by atoms with E-state index in [0.29, 0.717) is 22.3 Å². The van der Waals surface area contributed by atoms with Gasteiger partial charge in [-0.2, -0.15) is 0 Å². The largest absolute Gasteiger partial charge is 0.573 e. The Morgan fingerprint density at radius 3 is 2.38 bits per heavy atom. The van der Waals surface area contributed by atoms with Gasteiger partial charge in [0.15, 0.2) is 0 Å². The van der Waals surface area contributed by atoms with Gasteiger partial charge >= 0.3 is 6.36 Å². The van der Waals surface area contributed by atoms with E-state index in [4.69, 9.17) is 0 Å². The van der Waals surface area contributed by atoms with E-state index >= 15 is 0 Å². The molecular weight excluding hydrogens is 389 g/mol. The number of benzene rings is 2. The zero-order valence-electron chi connectivity index (χ0n) is 12.6. The number of carbonyl (C=O) groups excluding carboxylic acids is 1. The fourth-order valence-electron chi connectivity index (χ4n) is 1.95. The van der Waals surface area contributed by atoms with Crippen LogP contribution in [0.2, 0.25) is 0 Å². The Morgan fingerprint density at radius 1 is 1.17 bits per heavy atom. The average molecular weight is 403 g/mol. The fraction of sp³-hybridized carbons (Fsp3) is 0.188. The number of hydrogen-bond donors (Lipinski definition) is 2. The minimum absolute atomic E-state index is 0.169. The summed E-state index contributed by atoms with van der Waals surface area (Å²) in [5.74, 6) is -0.465. The highest BCUT2D eigenvalue weighted by Crippen LogP contribution is 2.30. The summed E-state index contributed by atoms with van der Waals surface area (Å²) in [4.78, 5) is 11.5. The molecule has 0 saturated heterocycles. The molecule has 2 aromatic rings. The van der Waals surface area contributed by atoms with Gasteiger partial charge in [0, 0.05) is 29.3 Å². The van der Waals surface area contributed by atoms with Gasteiger partial charge in [-0.25, -0.2) is 0 Å². The van der Waals surface area contributed by atoms with Crippen molar-refractivity contribution >= 4 is 27.5 Å².